The van der Waals surface area contributed by atoms with E-state index in [9.17, 15) is 14.9 Å². The van der Waals surface area contributed by atoms with Gasteiger partial charge >= 0.3 is 0 Å². The Morgan fingerprint density at radius 1 is 1.38 bits per heavy atom. The number of carbonyl (C=O) groups excluding carboxylic acids is 1. The molecule has 21 heavy (non-hydrogen) atoms. The molecule has 8 heteroatoms. The minimum Gasteiger partial charge on any atom is -0.339 e. The monoisotopic (exact) mass is 333 g/mol. The second-order valence-corrected chi connectivity index (χ2v) is 5.57. The van der Waals surface area contributed by atoms with Gasteiger partial charge in [-0.1, -0.05) is 37.0 Å². The SMILES string of the molecule is CCCN(CCC)C(=O)c1cc([N+](=O)[O-])cnc1C(Cl)Cl. The lowest BCUT2D eigenvalue weighted by Gasteiger charge is -2.22. The van der Waals surface area contributed by atoms with Crippen molar-refractivity contribution in [2.24, 2.45) is 0 Å². The summed E-state index contributed by atoms with van der Waals surface area (Å²) >= 11 is 11.6. The van der Waals surface area contributed by atoms with Crippen LogP contribution >= 0.6 is 23.2 Å². The van der Waals surface area contributed by atoms with Crippen LogP contribution in [0.25, 0.3) is 0 Å². The average Bonchev–Trinajstić information content (AvgIpc) is 2.45. The number of alkyl halides is 2. The molecule has 0 aromatic carbocycles. The molecule has 0 radical (unpaired) electrons. The van der Waals surface area contributed by atoms with E-state index in [2.05, 4.69) is 4.98 Å². The third kappa shape index (κ3) is 4.54. The molecule has 0 spiro atoms. The quantitative estimate of drug-likeness (QED) is 0.432. The highest BCUT2D eigenvalue weighted by atomic mass is 35.5. The molecule has 0 saturated heterocycles. The summed E-state index contributed by atoms with van der Waals surface area (Å²) in [6.07, 6.45) is 2.62. The van der Waals surface area contributed by atoms with Crippen molar-refractivity contribution < 1.29 is 9.72 Å². The number of rotatable bonds is 7. The molecule has 1 aromatic heterocycles. The zero-order chi connectivity index (χ0) is 16.0. The minimum absolute atomic E-state index is 0.0844. The van der Waals surface area contributed by atoms with Crippen molar-refractivity contribution in [2.45, 2.75) is 31.5 Å². The van der Waals surface area contributed by atoms with Crippen LogP contribution < -0.4 is 0 Å². The Balaban J connectivity index is 3.25. The Hall–Kier alpha value is -1.40. The normalized spacial score (nSPS) is 10.7. The predicted molar refractivity (Wildman–Crippen MR) is 81.8 cm³/mol. The van der Waals surface area contributed by atoms with Gasteiger partial charge in [-0.05, 0) is 12.8 Å². The number of hydrogen-bond acceptors (Lipinski definition) is 4. The van der Waals surface area contributed by atoms with Gasteiger partial charge in [0.05, 0.1) is 16.2 Å². The van der Waals surface area contributed by atoms with Crippen molar-refractivity contribution in [1.29, 1.82) is 0 Å². The Morgan fingerprint density at radius 3 is 2.38 bits per heavy atom. The number of carbonyl (C=O) groups is 1. The maximum Gasteiger partial charge on any atom is 0.288 e. The maximum atomic E-state index is 12.6. The van der Waals surface area contributed by atoms with E-state index in [1.54, 1.807) is 4.90 Å². The lowest BCUT2D eigenvalue weighted by molar-refractivity contribution is -0.385. The molecule has 0 fully saturated rings. The fraction of sp³-hybridized carbons (Fsp3) is 0.538. The third-order valence-corrected chi connectivity index (χ3v) is 3.24. The molecule has 0 aliphatic rings. The summed E-state index contributed by atoms with van der Waals surface area (Å²) in [7, 11) is 0. The highest BCUT2D eigenvalue weighted by Gasteiger charge is 2.24. The number of halogens is 2. The lowest BCUT2D eigenvalue weighted by atomic mass is 10.1. The Bertz CT molecular complexity index is 517. The number of pyridine rings is 1. The number of nitro groups is 1. The summed E-state index contributed by atoms with van der Waals surface area (Å²) < 4.78 is 0. The summed E-state index contributed by atoms with van der Waals surface area (Å²) in [4.78, 5) is 27.3. The predicted octanol–water partition coefficient (Wildman–Crippen LogP) is 3.73. The minimum atomic E-state index is -1.02. The van der Waals surface area contributed by atoms with E-state index in [1.807, 2.05) is 13.8 Å². The Kier molecular flexibility index (Phi) is 6.84. The first-order valence-corrected chi connectivity index (χ1v) is 7.51. The molecule has 1 heterocycles. The number of nitrogens with zero attached hydrogens (tertiary/aromatic N) is 3. The fourth-order valence-electron chi connectivity index (χ4n) is 1.93. The summed E-state index contributed by atoms with van der Waals surface area (Å²) in [6, 6.07) is 1.18. The summed E-state index contributed by atoms with van der Waals surface area (Å²) in [5.41, 5.74) is -0.0312. The molecule has 0 unspecified atom stereocenters. The van der Waals surface area contributed by atoms with E-state index < -0.39 is 9.76 Å². The molecule has 1 amide bonds. The molecule has 6 nitrogen and oxygen atoms in total. The van der Waals surface area contributed by atoms with Gasteiger partial charge in [0.25, 0.3) is 11.6 Å². The average molecular weight is 334 g/mol. The molecule has 1 aromatic rings. The van der Waals surface area contributed by atoms with Crippen LogP contribution in [0, 0.1) is 10.1 Å². The molecule has 0 atom stereocenters. The molecule has 0 saturated carbocycles. The number of aromatic nitrogens is 1. The highest BCUT2D eigenvalue weighted by molar-refractivity contribution is 6.44. The lowest BCUT2D eigenvalue weighted by Crippen LogP contribution is -2.33. The van der Waals surface area contributed by atoms with E-state index in [4.69, 9.17) is 23.2 Å². The van der Waals surface area contributed by atoms with Gasteiger partial charge in [-0.15, -0.1) is 0 Å². The van der Waals surface area contributed by atoms with Crippen LogP contribution in [0.1, 0.15) is 47.6 Å². The first-order chi connectivity index (χ1) is 9.92. The molecular weight excluding hydrogens is 317 g/mol. The van der Waals surface area contributed by atoms with Crippen molar-refractivity contribution >= 4 is 34.8 Å². The third-order valence-electron chi connectivity index (χ3n) is 2.83. The number of hydrogen-bond donors (Lipinski definition) is 0. The van der Waals surface area contributed by atoms with Gasteiger partial charge in [-0.2, -0.15) is 0 Å². The largest absolute Gasteiger partial charge is 0.339 e. The van der Waals surface area contributed by atoms with Crippen LogP contribution in [0.3, 0.4) is 0 Å². The van der Waals surface area contributed by atoms with E-state index in [0.717, 1.165) is 19.0 Å². The second-order valence-electron chi connectivity index (χ2n) is 4.48. The standard InChI is InChI=1S/C13H17Cl2N3O3/c1-3-5-17(6-4-2)13(19)10-7-9(18(20)21)8-16-11(10)12(14)15/h7-8,12H,3-6H2,1-2H3. The van der Waals surface area contributed by atoms with Crippen LogP contribution in [0.15, 0.2) is 12.3 Å². The molecule has 0 aliphatic heterocycles. The van der Waals surface area contributed by atoms with Crippen LogP contribution in [0.5, 0.6) is 0 Å². The first kappa shape index (κ1) is 17.7. The maximum absolute atomic E-state index is 12.6. The summed E-state index contributed by atoms with van der Waals surface area (Å²) in [5, 5.41) is 10.9. The van der Waals surface area contributed by atoms with E-state index in [-0.39, 0.29) is 22.9 Å². The van der Waals surface area contributed by atoms with E-state index in [0.29, 0.717) is 13.1 Å². The molecule has 116 valence electrons. The van der Waals surface area contributed by atoms with Gasteiger partial charge in [0, 0.05) is 19.2 Å². The molecular formula is C13H17Cl2N3O3. The van der Waals surface area contributed by atoms with Crippen LogP contribution in [0.4, 0.5) is 5.69 Å². The van der Waals surface area contributed by atoms with Gasteiger partial charge in [0.15, 0.2) is 0 Å². The second kappa shape index (κ2) is 8.14. The van der Waals surface area contributed by atoms with Gasteiger partial charge in [-0.3, -0.25) is 19.9 Å². The van der Waals surface area contributed by atoms with Gasteiger partial charge in [0.1, 0.15) is 11.0 Å². The first-order valence-electron chi connectivity index (χ1n) is 6.64. The topological polar surface area (TPSA) is 76.3 Å². The molecule has 0 N–H and O–H groups in total. The summed E-state index contributed by atoms with van der Waals surface area (Å²) in [5.74, 6) is -0.337. The van der Waals surface area contributed by atoms with Crippen molar-refractivity contribution in [2.75, 3.05) is 13.1 Å². The van der Waals surface area contributed by atoms with Gasteiger partial charge in [0.2, 0.25) is 0 Å². The van der Waals surface area contributed by atoms with Crippen molar-refractivity contribution in [3.05, 3.63) is 33.6 Å². The van der Waals surface area contributed by atoms with Crippen LogP contribution in [-0.2, 0) is 0 Å². The van der Waals surface area contributed by atoms with Crippen molar-refractivity contribution in [3.8, 4) is 0 Å². The fourth-order valence-corrected chi connectivity index (χ4v) is 2.28. The van der Waals surface area contributed by atoms with E-state index in [1.165, 1.54) is 6.07 Å². The zero-order valence-corrected chi connectivity index (χ0v) is 13.4. The highest BCUT2D eigenvalue weighted by Crippen LogP contribution is 2.29. The van der Waals surface area contributed by atoms with Crippen molar-refractivity contribution in [1.82, 2.24) is 9.88 Å². The summed E-state index contributed by atoms with van der Waals surface area (Å²) in [6.45, 7) is 5.02. The van der Waals surface area contributed by atoms with E-state index >= 15 is 0 Å². The zero-order valence-electron chi connectivity index (χ0n) is 11.9. The smallest absolute Gasteiger partial charge is 0.288 e. The van der Waals surface area contributed by atoms with Gasteiger partial charge in [-0.25, -0.2) is 0 Å². The Labute approximate surface area is 133 Å². The Morgan fingerprint density at radius 2 is 1.95 bits per heavy atom. The molecule has 1 rings (SSSR count). The van der Waals surface area contributed by atoms with Crippen LogP contribution in [0.2, 0.25) is 0 Å². The van der Waals surface area contributed by atoms with Crippen LogP contribution in [-0.4, -0.2) is 33.8 Å². The van der Waals surface area contributed by atoms with Crippen molar-refractivity contribution in [3.63, 3.8) is 0 Å². The number of amides is 1. The molecule has 0 bridgehead atoms. The molecule has 0 aliphatic carbocycles. The van der Waals surface area contributed by atoms with Gasteiger partial charge < -0.3 is 4.90 Å².